The minimum Gasteiger partial charge on any atom is -0.497 e. The fraction of sp³-hybridized carbons (Fsp3) is 0.0625. The van der Waals surface area contributed by atoms with Gasteiger partial charge in [-0.3, -0.25) is 0 Å². The van der Waals surface area contributed by atoms with Crippen LogP contribution in [-0.4, -0.2) is 25.3 Å². The van der Waals surface area contributed by atoms with Gasteiger partial charge in [0.05, 0.1) is 18.8 Å². The first-order valence-electron chi connectivity index (χ1n) is 12.2. The summed E-state index contributed by atoms with van der Waals surface area (Å²) >= 11 is 2.92. The summed E-state index contributed by atoms with van der Waals surface area (Å²) in [6.07, 6.45) is 2.11. The first kappa shape index (κ1) is 26.8. The maximum Gasteiger partial charge on any atom is 0.347 e. The van der Waals surface area contributed by atoms with E-state index in [1.54, 1.807) is 37.7 Å². The van der Waals surface area contributed by atoms with Gasteiger partial charge < -0.3 is 19.5 Å². The van der Waals surface area contributed by atoms with E-state index in [1.165, 1.54) is 11.3 Å². The number of rotatable bonds is 7. The van der Waals surface area contributed by atoms with Gasteiger partial charge in [-0.25, -0.2) is 4.79 Å². The fourth-order valence-corrected chi connectivity index (χ4v) is 6.22. The van der Waals surface area contributed by atoms with Gasteiger partial charge in [-0.1, -0.05) is 12.1 Å². The topological polar surface area (TPSA) is 82.8 Å². The smallest absolute Gasteiger partial charge is 0.347 e. The first-order valence-corrected chi connectivity index (χ1v) is 13.9. The third-order valence-corrected chi connectivity index (χ3v) is 8.50. The average molecular weight is 565 g/mol. The Morgan fingerprint density at radius 2 is 1.25 bits per heavy atom. The van der Waals surface area contributed by atoms with Crippen molar-refractivity contribution in [2.75, 3.05) is 19.1 Å². The normalized spacial score (nSPS) is 12.9. The van der Waals surface area contributed by atoms with Crippen molar-refractivity contribution in [2.24, 2.45) is 0 Å². The largest absolute Gasteiger partial charge is 0.497 e. The minimum absolute atomic E-state index is 0.238. The molecule has 2 heterocycles. The van der Waals surface area contributed by atoms with Crippen molar-refractivity contribution in [3.05, 3.63) is 121 Å². The average Bonchev–Trinajstić information content (AvgIpc) is 3.65. The number of carbonyl (C=O) groups is 1. The van der Waals surface area contributed by atoms with E-state index in [1.807, 2.05) is 66.7 Å². The van der Waals surface area contributed by atoms with Crippen LogP contribution in [0.3, 0.4) is 0 Å². The molecule has 0 atom stereocenters. The summed E-state index contributed by atoms with van der Waals surface area (Å²) in [5.74, 6) is 0.378. The maximum atomic E-state index is 11.3. The van der Waals surface area contributed by atoms with E-state index in [2.05, 4.69) is 35.2 Å². The number of carboxylic acid groups (broad SMARTS) is 1. The molecular weight excluding hydrogens is 540 g/mol. The van der Waals surface area contributed by atoms with Crippen LogP contribution in [0.25, 0.3) is 11.6 Å². The van der Waals surface area contributed by atoms with Gasteiger partial charge in [0.15, 0.2) is 5.57 Å². The Balaban J connectivity index is 1.50. The Morgan fingerprint density at radius 3 is 1.75 bits per heavy atom. The molecule has 0 radical (unpaired) electrons. The fourth-order valence-electron chi connectivity index (χ4n) is 4.17. The molecule has 0 fully saturated rings. The maximum absolute atomic E-state index is 11.3. The number of ether oxygens (including phenoxy) is 2. The van der Waals surface area contributed by atoms with Crippen LogP contribution in [0.4, 0.5) is 17.1 Å². The summed E-state index contributed by atoms with van der Waals surface area (Å²) < 4.78 is 14.2. The Kier molecular flexibility index (Phi) is 7.97. The number of nitrogens with zero attached hydrogens (tertiary/aromatic N) is 2. The molecule has 0 amide bonds. The van der Waals surface area contributed by atoms with Crippen molar-refractivity contribution in [1.29, 1.82) is 5.26 Å². The van der Waals surface area contributed by atoms with Crippen LogP contribution in [0.1, 0.15) is 5.56 Å². The molecule has 0 aliphatic heterocycles. The molecule has 0 bridgehead atoms. The first-order chi connectivity index (χ1) is 19.5. The van der Waals surface area contributed by atoms with Gasteiger partial charge >= 0.3 is 5.97 Å². The summed E-state index contributed by atoms with van der Waals surface area (Å²) in [6.45, 7) is 0. The van der Waals surface area contributed by atoms with Gasteiger partial charge in [-0.05, 0) is 96.6 Å². The lowest BCUT2D eigenvalue weighted by molar-refractivity contribution is -0.130. The second kappa shape index (κ2) is 11.9. The summed E-state index contributed by atoms with van der Waals surface area (Å²) in [6, 6.07) is 33.6. The van der Waals surface area contributed by atoms with Gasteiger partial charge in [-0.2, -0.15) is 5.26 Å². The predicted molar refractivity (Wildman–Crippen MR) is 160 cm³/mol. The highest BCUT2D eigenvalue weighted by Gasteiger charge is 2.13. The molecule has 198 valence electrons. The molecule has 5 aromatic rings. The predicted octanol–water partition coefficient (Wildman–Crippen LogP) is 6.17. The van der Waals surface area contributed by atoms with Crippen molar-refractivity contribution < 1.29 is 19.4 Å². The van der Waals surface area contributed by atoms with Crippen molar-refractivity contribution in [3.8, 4) is 17.6 Å². The molecule has 2 aromatic heterocycles. The Labute approximate surface area is 238 Å². The monoisotopic (exact) mass is 564 g/mol. The molecule has 5 rings (SSSR count). The third kappa shape index (κ3) is 5.76. The van der Waals surface area contributed by atoms with E-state index < -0.39 is 5.97 Å². The van der Waals surface area contributed by atoms with Gasteiger partial charge in [0.2, 0.25) is 0 Å². The van der Waals surface area contributed by atoms with E-state index in [0.29, 0.717) is 4.53 Å². The summed E-state index contributed by atoms with van der Waals surface area (Å²) in [5, 5.41) is 18.4. The number of methoxy groups -OCH3 is 2. The van der Waals surface area contributed by atoms with E-state index in [0.717, 1.165) is 47.7 Å². The number of hydrogen-bond donors (Lipinski definition) is 1. The molecule has 40 heavy (non-hydrogen) atoms. The number of thiophene rings is 2. The molecule has 3 aromatic carbocycles. The Bertz CT molecular complexity index is 1850. The van der Waals surface area contributed by atoms with Crippen LogP contribution in [0, 0.1) is 20.4 Å². The number of nitriles is 1. The molecule has 0 aliphatic rings. The Morgan fingerprint density at radius 1 is 0.750 bits per heavy atom. The van der Waals surface area contributed by atoms with Crippen molar-refractivity contribution in [2.45, 2.75) is 0 Å². The van der Waals surface area contributed by atoms with E-state index >= 15 is 0 Å². The third-order valence-electron chi connectivity index (χ3n) is 6.17. The lowest BCUT2D eigenvalue weighted by Gasteiger charge is -2.26. The number of hydrogen-bond acceptors (Lipinski definition) is 7. The van der Waals surface area contributed by atoms with Crippen LogP contribution in [0.15, 0.2) is 97.1 Å². The number of benzene rings is 3. The van der Waals surface area contributed by atoms with Crippen LogP contribution < -0.4 is 23.4 Å². The van der Waals surface area contributed by atoms with Gasteiger partial charge in [0, 0.05) is 30.7 Å². The molecular formula is C32H24N2O4S2. The molecule has 0 spiro atoms. The van der Waals surface area contributed by atoms with Crippen molar-refractivity contribution in [3.63, 3.8) is 0 Å². The van der Waals surface area contributed by atoms with E-state index in [-0.39, 0.29) is 5.57 Å². The highest BCUT2D eigenvalue weighted by Crippen LogP contribution is 2.36. The number of anilines is 3. The van der Waals surface area contributed by atoms with Gasteiger partial charge in [0.25, 0.3) is 0 Å². The highest BCUT2D eigenvalue weighted by atomic mass is 32.1. The summed E-state index contributed by atoms with van der Waals surface area (Å²) in [5.41, 5.74) is 3.83. The van der Waals surface area contributed by atoms with Gasteiger partial charge in [0.1, 0.15) is 17.6 Å². The van der Waals surface area contributed by atoms with Crippen molar-refractivity contribution >= 4 is 57.4 Å². The lowest BCUT2D eigenvalue weighted by Crippen LogP contribution is -2.09. The molecule has 0 aliphatic carbocycles. The second-order valence-electron chi connectivity index (χ2n) is 8.63. The van der Waals surface area contributed by atoms with Gasteiger partial charge in [-0.15, -0.1) is 22.7 Å². The zero-order chi connectivity index (χ0) is 28.1. The molecule has 8 heteroatoms. The second-order valence-corrected chi connectivity index (χ2v) is 10.8. The summed E-state index contributed by atoms with van der Waals surface area (Å²) in [4.78, 5) is 13.5. The zero-order valence-electron chi connectivity index (χ0n) is 21.7. The van der Waals surface area contributed by atoms with Crippen LogP contribution in [0.2, 0.25) is 0 Å². The standard InChI is InChI=1S/C32H24N2O4S2/c1-37-25-11-7-23(8-12-25)34(24-9-13-26(38-2)14-10-24)22-5-3-21(4-6-22)19-27-15-16-30(39-27)31-18-17-29(40-31)28(20-33)32(35)36/h3-19H,1-2H3,(H,35,36)/b27-19-,29-28-,31-30-. The molecule has 6 nitrogen and oxygen atoms in total. The number of aliphatic carboxylic acids is 1. The Hall–Kier alpha value is -4.84. The minimum atomic E-state index is -1.21. The van der Waals surface area contributed by atoms with Crippen LogP contribution in [-0.2, 0) is 4.79 Å². The molecule has 0 saturated heterocycles. The molecule has 0 unspecified atom stereocenters. The lowest BCUT2D eigenvalue weighted by atomic mass is 10.1. The van der Waals surface area contributed by atoms with E-state index in [4.69, 9.17) is 14.7 Å². The van der Waals surface area contributed by atoms with Crippen LogP contribution >= 0.6 is 22.7 Å². The highest BCUT2D eigenvalue weighted by molar-refractivity contribution is 7.11. The SMILES string of the molecule is COc1ccc(N(c2ccc(/C=c3/cc/c(=c4\cc/c(=C(\C#N)C(=O)O)s4)s3)cc2)c2ccc(OC)cc2)cc1. The van der Waals surface area contributed by atoms with Crippen molar-refractivity contribution in [1.82, 2.24) is 0 Å². The molecule has 1 N–H and O–H groups in total. The van der Waals surface area contributed by atoms with Crippen LogP contribution in [0.5, 0.6) is 11.5 Å². The molecule has 0 saturated carbocycles. The number of carboxylic acids is 1. The zero-order valence-corrected chi connectivity index (χ0v) is 23.3. The quantitative estimate of drug-likeness (QED) is 0.255. The summed E-state index contributed by atoms with van der Waals surface area (Å²) in [7, 11) is 3.31. The van der Waals surface area contributed by atoms with E-state index in [9.17, 15) is 9.90 Å².